The number of methoxy groups -OCH3 is 1. The van der Waals surface area contributed by atoms with E-state index in [2.05, 4.69) is 5.32 Å². The van der Waals surface area contributed by atoms with Crippen molar-refractivity contribution in [1.82, 2.24) is 0 Å². The molecule has 0 aliphatic heterocycles. The molecule has 21 heavy (non-hydrogen) atoms. The third-order valence-electron chi connectivity index (χ3n) is 2.92. The minimum Gasteiger partial charge on any atom is -0.491 e. The zero-order valence-electron chi connectivity index (χ0n) is 11.7. The van der Waals surface area contributed by atoms with Crippen LogP contribution in [0.2, 0.25) is 5.02 Å². The fourth-order valence-corrected chi connectivity index (χ4v) is 2.08. The maximum absolute atomic E-state index is 13.0. The molecule has 0 aliphatic rings. The van der Waals surface area contributed by atoms with Gasteiger partial charge in [0, 0.05) is 19.2 Å². The third-order valence-corrected chi connectivity index (χ3v) is 3.23. The lowest BCUT2D eigenvalue weighted by atomic mass is 10.2. The topological polar surface area (TPSA) is 30.5 Å². The molecule has 0 saturated carbocycles. The van der Waals surface area contributed by atoms with Gasteiger partial charge < -0.3 is 14.8 Å². The predicted octanol–water partition coefficient (Wildman–Crippen LogP) is 4.12. The van der Waals surface area contributed by atoms with Crippen LogP contribution in [-0.4, -0.2) is 20.3 Å². The summed E-state index contributed by atoms with van der Waals surface area (Å²) in [6, 6.07) is 12.0. The number of ether oxygens (including phenoxy) is 2. The van der Waals surface area contributed by atoms with E-state index in [1.165, 1.54) is 12.1 Å². The van der Waals surface area contributed by atoms with Crippen molar-refractivity contribution in [3.8, 4) is 5.75 Å². The van der Waals surface area contributed by atoms with Gasteiger partial charge in [-0.25, -0.2) is 4.39 Å². The number of anilines is 1. The zero-order valence-corrected chi connectivity index (χ0v) is 12.5. The Bertz CT molecular complexity index is 592. The molecule has 0 bridgehead atoms. The molecule has 0 saturated heterocycles. The fourth-order valence-electron chi connectivity index (χ4n) is 1.85. The highest BCUT2D eigenvalue weighted by Gasteiger charge is 2.05. The molecule has 0 spiro atoms. The smallest absolute Gasteiger partial charge is 0.124 e. The first-order chi connectivity index (χ1) is 10.2. The third kappa shape index (κ3) is 4.62. The minimum absolute atomic E-state index is 0.353. The molecule has 5 heteroatoms. The molecule has 3 nitrogen and oxygen atoms in total. The van der Waals surface area contributed by atoms with Gasteiger partial charge in [-0.05, 0) is 24.3 Å². The molecule has 1 N–H and O–H groups in total. The first-order valence-corrected chi connectivity index (χ1v) is 6.97. The highest BCUT2D eigenvalue weighted by atomic mass is 35.5. The van der Waals surface area contributed by atoms with Crippen LogP contribution in [0.4, 0.5) is 10.1 Å². The maximum Gasteiger partial charge on any atom is 0.124 e. The first kappa shape index (κ1) is 15.6. The fraction of sp³-hybridized carbons (Fsp3) is 0.250. The van der Waals surface area contributed by atoms with Crippen LogP contribution in [-0.2, 0) is 11.3 Å². The Balaban J connectivity index is 2.02. The summed E-state index contributed by atoms with van der Waals surface area (Å²) in [6.45, 7) is 1.56. The molecule has 112 valence electrons. The molecule has 0 heterocycles. The van der Waals surface area contributed by atoms with Gasteiger partial charge in [-0.2, -0.15) is 0 Å². The summed E-state index contributed by atoms with van der Waals surface area (Å²) in [6.07, 6.45) is 0. The monoisotopic (exact) mass is 309 g/mol. The summed E-state index contributed by atoms with van der Waals surface area (Å²) in [5.74, 6) is 0.439. The Kier molecular flexibility index (Phi) is 5.84. The Morgan fingerprint density at radius 1 is 1.14 bits per heavy atom. The van der Waals surface area contributed by atoms with E-state index in [0.717, 1.165) is 11.3 Å². The number of para-hydroxylation sites is 1. The predicted molar refractivity (Wildman–Crippen MR) is 82.5 cm³/mol. The molecule has 2 aromatic rings. The van der Waals surface area contributed by atoms with Crippen LogP contribution in [0.5, 0.6) is 5.75 Å². The number of hydrogen-bond acceptors (Lipinski definition) is 3. The van der Waals surface area contributed by atoms with E-state index < -0.39 is 0 Å². The highest BCUT2D eigenvalue weighted by molar-refractivity contribution is 6.33. The van der Waals surface area contributed by atoms with E-state index in [1.54, 1.807) is 13.2 Å². The van der Waals surface area contributed by atoms with Crippen LogP contribution in [0.3, 0.4) is 0 Å². The lowest BCUT2D eigenvalue weighted by molar-refractivity contribution is 0.146. The van der Waals surface area contributed by atoms with Gasteiger partial charge in [0.05, 0.1) is 17.3 Å². The summed E-state index contributed by atoms with van der Waals surface area (Å²) in [4.78, 5) is 0. The van der Waals surface area contributed by atoms with Gasteiger partial charge >= 0.3 is 0 Å². The van der Waals surface area contributed by atoms with Gasteiger partial charge in [0.25, 0.3) is 0 Å². The van der Waals surface area contributed by atoms with Crippen LogP contribution in [0.25, 0.3) is 0 Å². The van der Waals surface area contributed by atoms with Gasteiger partial charge in [0.1, 0.15) is 18.2 Å². The zero-order chi connectivity index (χ0) is 15.1. The number of nitrogens with one attached hydrogen (secondary N) is 1. The number of hydrogen-bond donors (Lipinski definition) is 1. The number of halogens is 2. The molecule has 2 rings (SSSR count). The lowest BCUT2D eigenvalue weighted by Gasteiger charge is -2.13. The van der Waals surface area contributed by atoms with E-state index in [-0.39, 0.29) is 5.82 Å². The Morgan fingerprint density at radius 2 is 1.95 bits per heavy atom. The highest BCUT2D eigenvalue weighted by Crippen LogP contribution is 2.25. The lowest BCUT2D eigenvalue weighted by Crippen LogP contribution is -2.08. The molecule has 0 atom stereocenters. The molecule has 0 amide bonds. The number of rotatable bonds is 7. The maximum atomic E-state index is 13.0. The van der Waals surface area contributed by atoms with Crippen molar-refractivity contribution in [2.24, 2.45) is 0 Å². The second-order valence-electron chi connectivity index (χ2n) is 4.43. The van der Waals surface area contributed by atoms with Crippen molar-refractivity contribution in [2.45, 2.75) is 6.54 Å². The number of benzene rings is 2. The Hall–Kier alpha value is -1.78. The normalized spacial score (nSPS) is 10.4. The van der Waals surface area contributed by atoms with E-state index in [9.17, 15) is 4.39 Å². The van der Waals surface area contributed by atoms with Crippen LogP contribution < -0.4 is 10.1 Å². The summed E-state index contributed by atoms with van der Waals surface area (Å²) in [7, 11) is 1.63. The second kappa shape index (κ2) is 7.86. The van der Waals surface area contributed by atoms with Gasteiger partial charge in [0.15, 0.2) is 0 Å². The van der Waals surface area contributed by atoms with Gasteiger partial charge in [-0.3, -0.25) is 0 Å². The average molecular weight is 310 g/mol. The molecular weight excluding hydrogens is 293 g/mol. The van der Waals surface area contributed by atoms with Crippen molar-refractivity contribution in [3.63, 3.8) is 0 Å². The molecule has 2 aromatic carbocycles. The van der Waals surface area contributed by atoms with E-state index >= 15 is 0 Å². The molecule has 0 unspecified atom stereocenters. The summed E-state index contributed by atoms with van der Waals surface area (Å²) < 4.78 is 23.6. The van der Waals surface area contributed by atoms with Crippen molar-refractivity contribution in [3.05, 3.63) is 58.9 Å². The largest absolute Gasteiger partial charge is 0.491 e. The summed E-state index contributed by atoms with van der Waals surface area (Å²) in [5.41, 5.74) is 1.68. The van der Waals surface area contributed by atoms with E-state index in [1.807, 2.05) is 24.3 Å². The van der Waals surface area contributed by atoms with E-state index in [4.69, 9.17) is 21.1 Å². The first-order valence-electron chi connectivity index (χ1n) is 6.59. The van der Waals surface area contributed by atoms with Crippen LogP contribution in [0.1, 0.15) is 5.56 Å². The Morgan fingerprint density at radius 3 is 2.71 bits per heavy atom. The summed E-state index contributed by atoms with van der Waals surface area (Å²) >= 11 is 5.99. The van der Waals surface area contributed by atoms with Crippen LogP contribution in [0, 0.1) is 5.82 Å². The Labute approximate surface area is 128 Å². The standard InChI is InChI=1S/C16H17ClFNO2/c1-20-8-9-21-16-5-3-2-4-12(16)11-19-15-7-6-13(18)10-14(15)17/h2-7,10,19H,8-9,11H2,1H3. The minimum atomic E-state index is -0.353. The molecule has 0 radical (unpaired) electrons. The summed E-state index contributed by atoms with van der Waals surface area (Å²) in [5, 5.41) is 3.53. The van der Waals surface area contributed by atoms with Crippen molar-refractivity contribution in [1.29, 1.82) is 0 Å². The molecule has 0 aromatic heterocycles. The average Bonchev–Trinajstić information content (AvgIpc) is 2.48. The van der Waals surface area contributed by atoms with Gasteiger partial charge in [-0.15, -0.1) is 0 Å². The molecule has 0 aliphatic carbocycles. The van der Waals surface area contributed by atoms with Crippen molar-refractivity contribution >= 4 is 17.3 Å². The quantitative estimate of drug-likeness (QED) is 0.781. The van der Waals surface area contributed by atoms with Gasteiger partial charge in [0.2, 0.25) is 0 Å². The van der Waals surface area contributed by atoms with Crippen molar-refractivity contribution < 1.29 is 13.9 Å². The second-order valence-corrected chi connectivity index (χ2v) is 4.83. The van der Waals surface area contributed by atoms with Crippen LogP contribution in [0.15, 0.2) is 42.5 Å². The van der Waals surface area contributed by atoms with Crippen LogP contribution >= 0.6 is 11.6 Å². The molecular formula is C16H17ClFNO2. The molecule has 0 fully saturated rings. The van der Waals surface area contributed by atoms with E-state index in [0.29, 0.717) is 30.5 Å². The SMILES string of the molecule is COCCOc1ccccc1CNc1ccc(F)cc1Cl. The van der Waals surface area contributed by atoms with Crippen molar-refractivity contribution in [2.75, 3.05) is 25.6 Å². The van der Waals surface area contributed by atoms with Gasteiger partial charge in [-0.1, -0.05) is 29.8 Å².